The SMILES string of the molecule is Cc1cc(C(=O)Cc2ccc(F)c([C@]34CCCC[C@H]3CSC(N)=N4)c2)no1. The third-order valence-corrected chi connectivity index (χ3v) is 6.51. The highest BCUT2D eigenvalue weighted by molar-refractivity contribution is 8.13. The van der Waals surface area contributed by atoms with Gasteiger partial charge in [0.25, 0.3) is 0 Å². The summed E-state index contributed by atoms with van der Waals surface area (Å²) in [5, 5.41) is 4.30. The molecule has 1 fully saturated rings. The Labute approximate surface area is 161 Å². The summed E-state index contributed by atoms with van der Waals surface area (Å²) in [7, 11) is 0. The van der Waals surface area contributed by atoms with Crippen LogP contribution < -0.4 is 5.73 Å². The monoisotopic (exact) mass is 387 g/mol. The summed E-state index contributed by atoms with van der Waals surface area (Å²) in [6.07, 6.45) is 4.08. The number of fused-ring (bicyclic) bond motifs is 1. The lowest BCUT2D eigenvalue weighted by atomic mass is 9.69. The Bertz CT molecular complexity index is 910. The summed E-state index contributed by atoms with van der Waals surface area (Å²) in [6.45, 7) is 1.74. The fourth-order valence-electron chi connectivity index (χ4n) is 4.21. The van der Waals surface area contributed by atoms with E-state index in [4.69, 9.17) is 15.2 Å². The number of rotatable bonds is 4. The maximum absolute atomic E-state index is 14.9. The first kappa shape index (κ1) is 18.2. The fourth-order valence-corrected chi connectivity index (χ4v) is 5.26. The summed E-state index contributed by atoms with van der Waals surface area (Å²) >= 11 is 1.55. The minimum Gasteiger partial charge on any atom is -0.379 e. The first-order chi connectivity index (χ1) is 13.0. The molecule has 1 aliphatic heterocycles. The molecule has 2 aromatic rings. The second-order valence-corrected chi connectivity index (χ2v) is 8.41. The third kappa shape index (κ3) is 3.40. The van der Waals surface area contributed by atoms with Crippen molar-refractivity contribution in [3.63, 3.8) is 0 Å². The van der Waals surface area contributed by atoms with Crippen molar-refractivity contribution in [2.45, 2.75) is 44.6 Å². The van der Waals surface area contributed by atoms with Gasteiger partial charge in [-0.05, 0) is 43.4 Å². The molecular formula is C20H22FN3O2S. The summed E-state index contributed by atoms with van der Waals surface area (Å²) in [5.41, 5.74) is 7.03. The van der Waals surface area contributed by atoms with Gasteiger partial charge in [-0.3, -0.25) is 9.79 Å². The topological polar surface area (TPSA) is 81.5 Å². The van der Waals surface area contributed by atoms with E-state index >= 15 is 0 Å². The van der Waals surface area contributed by atoms with Crippen LogP contribution in [0.2, 0.25) is 0 Å². The van der Waals surface area contributed by atoms with Gasteiger partial charge in [0.15, 0.2) is 11.0 Å². The molecule has 0 bridgehead atoms. The number of amidine groups is 1. The van der Waals surface area contributed by atoms with Crippen molar-refractivity contribution in [1.29, 1.82) is 0 Å². The first-order valence-corrected chi connectivity index (χ1v) is 10.2. The van der Waals surface area contributed by atoms with Crippen LogP contribution >= 0.6 is 11.8 Å². The summed E-state index contributed by atoms with van der Waals surface area (Å²) < 4.78 is 19.9. The number of Topliss-reactive ketones (excluding diaryl/α,β-unsaturated/α-hetero) is 1. The van der Waals surface area contributed by atoms with Crippen molar-refractivity contribution in [3.05, 3.63) is 52.7 Å². The van der Waals surface area contributed by atoms with E-state index in [2.05, 4.69) is 5.16 Å². The highest BCUT2D eigenvalue weighted by Gasteiger charge is 2.46. The molecule has 0 radical (unpaired) electrons. The summed E-state index contributed by atoms with van der Waals surface area (Å²) in [6, 6.07) is 6.51. The van der Waals surface area contributed by atoms with Crippen LogP contribution in [0.3, 0.4) is 0 Å². The maximum atomic E-state index is 14.9. The lowest BCUT2D eigenvalue weighted by molar-refractivity contribution is 0.0984. The maximum Gasteiger partial charge on any atom is 0.189 e. The van der Waals surface area contributed by atoms with Gasteiger partial charge in [0.2, 0.25) is 0 Å². The second-order valence-electron chi connectivity index (χ2n) is 7.36. The first-order valence-electron chi connectivity index (χ1n) is 9.21. The number of carbonyl (C=O) groups excluding carboxylic acids is 1. The summed E-state index contributed by atoms with van der Waals surface area (Å²) in [4.78, 5) is 17.2. The van der Waals surface area contributed by atoms with Gasteiger partial charge in [-0.2, -0.15) is 0 Å². The number of nitrogens with two attached hydrogens (primary N) is 1. The van der Waals surface area contributed by atoms with Gasteiger partial charge >= 0.3 is 0 Å². The zero-order valence-electron chi connectivity index (χ0n) is 15.2. The zero-order valence-corrected chi connectivity index (χ0v) is 16.0. The van der Waals surface area contributed by atoms with E-state index in [1.165, 1.54) is 6.07 Å². The van der Waals surface area contributed by atoms with Crippen molar-refractivity contribution in [1.82, 2.24) is 5.16 Å². The lowest BCUT2D eigenvalue weighted by Crippen LogP contribution is -2.43. The van der Waals surface area contributed by atoms with Crippen LogP contribution in [0.25, 0.3) is 0 Å². The van der Waals surface area contributed by atoms with Gasteiger partial charge in [-0.25, -0.2) is 4.39 Å². The average Bonchev–Trinajstić information content (AvgIpc) is 3.09. The van der Waals surface area contributed by atoms with Gasteiger partial charge in [0, 0.05) is 23.8 Å². The molecule has 4 rings (SSSR count). The van der Waals surface area contributed by atoms with Crippen molar-refractivity contribution in [2.24, 2.45) is 16.6 Å². The summed E-state index contributed by atoms with van der Waals surface area (Å²) in [5.74, 6) is 1.29. The molecule has 0 saturated heterocycles. The third-order valence-electron chi connectivity index (χ3n) is 5.55. The molecule has 1 aromatic carbocycles. The van der Waals surface area contributed by atoms with Crippen molar-refractivity contribution >= 4 is 22.7 Å². The molecular weight excluding hydrogens is 365 g/mol. The average molecular weight is 387 g/mol. The quantitative estimate of drug-likeness (QED) is 0.802. The Hall–Kier alpha value is -2.15. The molecule has 2 heterocycles. The molecule has 2 N–H and O–H groups in total. The number of hydrogen-bond acceptors (Lipinski definition) is 6. The number of benzene rings is 1. The Balaban J connectivity index is 1.69. The second kappa shape index (κ2) is 7.11. The predicted octanol–water partition coefficient (Wildman–Crippen LogP) is 3.99. The molecule has 1 aliphatic carbocycles. The molecule has 142 valence electrons. The molecule has 2 atom stereocenters. The molecule has 1 aromatic heterocycles. The van der Waals surface area contributed by atoms with Crippen LogP contribution in [0.5, 0.6) is 0 Å². The highest BCUT2D eigenvalue weighted by atomic mass is 32.2. The zero-order chi connectivity index (χ0) is 19.0. The Morgan fingerprint density at radius 2 is 2.26 bits per heavy atom. The van der Waals surface area contributed by atoms with E-state index in [1.807, 2.05) is 0 Å². The van der Waals surface area contributed by atoms with Crippen LogP contribution in [-0.2, 0) is 12.0 Å². The smallest absolute Gasteiger partial charge is 0.189 e. The van der Waals surface area contributed by atoms with Crippen molar-refractivity contribution in [3.8, 4) is 0 Å². The predicted molar refractivity (Wildman–Crippen MR) is 103 cm³/mol. The van der Waals surface area contributed by atoms with E-state index in [9.17, 15) is 9.18 Å². The fraction of sp³-hybridized carbons (Fsp3) is 0.450. The number of nitrogens with zero attached hydrogens (tertiary/aromatic N) is 2. The van der Waals surface area contributed by atoms with Gasteiger partial charge in [0.05, 0.1) is 5.54 Å². The molecule has 0 amide bonds. The van der Waals surface area contributed by atoms with E-state index < -0.39 is 5.54 Å². The molecule has 5 nitrogen and oxygen atoms in total. The van der Waals surface area contributed by atoms with Crippen molar-refractivity contribution < 1.29 is 13.7 Å². The molecule has 1 saturated carbocycles. The Kier molecular flexibility index (Phi) is 4.80. The van der Waals surface area contributed by atoms with E-state index in [-0.39, 0.29) is 23.9 Å². The normalized spacial score (nSPS) is 25.0. The number of thioether (sulfide) groups is 1. The number of aryl methyl sites for hydroxylation is 1. The van der Waals surface area contributed by atoms with E-state index in [1.54, 1.807) is 36.9 Å². The number of aliphatic imine (C=N–C) groups is 1. The van der Waals surface area contributed by atoms with Crippen LogP contribution in [0.4, 0.5) is 4.39 Å². The molecule has 7 heteroatoms. The van der Waals surface area contributed by atoms with Gasteiger partial charge in [-0.1, -0.05) is 35.8 Å². The van der Waals surface area contributed by atoms with Crippen molar-refractivity contribution in [2.75, 3.05) is 5.75 Å². The minimum absolute atomic E-state index is 0.147. The number of halogens is 1. The van der Waals surface area contributed by atoms with E-state index in [0.29, 0.717) is 22.2 Å². The standard InChI is InChI=1S/C20H22FN3O2S/c1-12-8-17(24-26-12)18(25)10-13-5-6-16(21)15(9-13)20-7-3-2-4-14(20)11-27-19(22)23-20/h5-6,8-9,14H,2-4,7,10-11H2,1H3,(H2,22,23)/t14-,20-/m0/s1. The Morgan fingerprint density at radius 1 is 1.41 bits per heavy atom. The number of carbonyl (C=O) groups is 1. The molecule has 27 heavy (non-hydrogen) atoms. The number of ketones is 1. The number of hydrogen-bond donors (Lipinski definition) is 1. The molecule has 0 spiro atoms. The largest absolute Gasteiger partial charge is 0.379 e. The highest BCUT2D eigenvalue weighted by Crippen LogP contribution is 2.49. The molecule has 2 aliphatic rings. The van der Waals surface area contributed by atoms with Crippen LogP contribution in [-0.4, -0.2) is 21.9 Å². The Morgan fingerprint density at radius 3 is 3.04 bits per heavy atom. The minimum atomic E-state index is -0.610. The van der Waals surface area contributed by atoms with Gasteiger partial charge in [-0.15, -0.1) is 0 Å². The van der Waals surface area contributed by atoms with E-state index in [0.717, 1.165) is 37.0 Å². The number of aromatic nitrogens is 1. The van der Waals surface area contributed by atoms with Crippen LogP contribution in [0, 0.1) is 18.7 Å². The molecule has 0 unspecified atom stereocenters. The lowest BCUT2D eigenvalue weighted by Gasteiger charge is -2.44. The van der Waals surface area contributed by atoms with Crippen LogP contribution in [0.15, 0.2) is 33.8 Å². The van der Waals surface area contributed by atoms with Gasteiger partial charge < -0.3 is 10.3 Å². The van der Waals surface area contributed by atoms with Gasteiger partial charge in [0.1, 0.15) is 17.3 Å². The van der Waals surface area contributed by atoms with Crippen LogP contribution in [0.1, 0.15) is 53.1 Å².